The van der Waals surface area contributed by atoms with Gasteiger partial charge in [0.05, 0.1) is 11.1 Å². The van der Waals surface area contributed by atoms with E-state index in [1.807, 2.05) is 0 Å². The van der Waals surface area contributed by atoms with Crippen molar-refractivity contribution in [2.75, 3.05) is 6.61 Å². The predicted octanol–water partition coefficient (Wildman–Crippen LogP) is 0.601. The Morgan fingerprint density at radius 1 is 1.67 bits per heavy atom. The molecule has 1 aromatic heterocycles. The normalized spacial score (nSPS) is 13.2. The number of nitrogens with zero attached hydrogens (tertiary/aromatic N) is 1. The first-order valence-electron chi connectivity index (χ1n) is 3.95. The smallest absolute Gasteiger partial charge is 0.0950 e. The highest BCUT2D eigenvalue weighted by molar-refractivity contribution is 7.11. The summed E-state index contributed by atoms with van der Waals surface area (Å²) in [6, 6.07) is 0. The van der Waals surface area contributed by atoms with Gasteiger partial charge in [-0.1, -0.05) is 0 Å². The van der Waals surface area contributed by atoms with Gasteiger partial charge in [0.25, 0.3) is 0 Å². The average Bonchev–Trinajstić information content (AvgIpc) is 2.36. The molecule has 1 rings (SSSR count). The minimum absolute atomic E-state index is 0.141. The van der Waals surface area contributed by atoms with Crippen molar-refractivity contribution in [3.63, 3.8) is 0 Å². The van der Waals surface area contributed by atoms with Crippen LogP contribution in [0.15, 0.2) is 6.20 Å². The molecule has 0 saturated carbocycles. The lowest BCUT2D eigenvalue weighted by atomic mass is 10.3. The molecule has 2 N–H and O–H groups in total. The first kappa shape index (κ1) is 9.64. The minimum atomic E-state index is -0.313. The SMILES string of the molecule is CC(O)Cc1cnc(CCO)s1. The molecule has 0 spiro atoms. The summed E-state index contributed by atoms with van der Waals surface area (Å²) in [5.74, 6) is 0. The van der Waals surface area contributed by atoms with Crippen molar-refractivity contribution in [2.24, 2.45) is 0 Å². The van der Waals surface area contributed by atoms with Crippen LogP contribution in [0.1, 0.15) is 16.8 Å². The van der Waals surface area contributed by atoms with E-state index in [0.29, 0.717) is 12.8 Å². The van der Waals surface area contributed by atoms with Crippen LogP contribution in [-0.4, -0.2) is 27.9 Å². The van der Waals surface area contributed by atoms with Gasteiger partial charge in [0.2, 0.25) is 0 Å². The van der Waals surface area contributed by atoms with Gasteiger partial charge in [-0.15, -0.1) is 11.3 Å². The second kappa shape index (κ2) is 4.54. The maximum Gasteiger partial charge on any atom is 0.0950 e. The molecular formula is C8H13NO2S. The molecule has 1 unspecified atom stereocenters. The van der Waals surface area contributed by atoms with Gasteiger partial charge in [-0.05, 0) is 6.92 Å². The van der Waals surface area contributed by atoms with E-state index < -0.39 is 0 Å². The lowest BCUT2D eigenvalue weighted by Gasteiger charge is -1.97. The highest BCUT2D eigenvalue weighted by Crippen LogP contribution is 2.14. The summed E-state index contributed by atoms with van der Waals surface area (Å²) < 4.78 is 0. The van der Waals surface area contributed by atoms with Crippen LogP contribution < -0.4 is 0 Å². The molecule has 1 aromatic rings. The van der Waals surface area contributed by atoms with E-state index in [0.717, 1.165) is 9.88 Å². The van der Waals surface area contributed by atoms with Crippen molar-refractivity contribution in [2.45, 2.75) is 25.9 Å². The Hall–Kier alpha value is -0.450. The molecule has 3 nitrogen and oxygen atoms in total. The second-order valence-electron chi connectivity index (χ2n) is 2.75. The number of hydrogen-bond acceptors (Lipinski definition) is 4. The zero-order chi connectivity index (χ0) is 8.97. The van der Waals surface area contributed by atoms with Crippen LogP contribution in [0.3, 0.4) is 0 Å². The predicted molar refractivity (Wildman–Crippen MR) is 48.3 cm³/mol. The zero-order valence-electron chi connectivity index (χ0n) is 7.03. The number of rotatable bonds is 4. The number of aliphatic hydroxyl groups is 2. The molecule has 0 radical (unpaired) electrons. The average molecular weight is 187 g/mol. The molecule has 1 atom stereocenters. The molecule has 4 heteroatoms. The molecule has 0 aliphatic carbocycles. The van der Waals surface area contributed by atoms with Crippen LogP contribution in [0.5, 0.6) is 0 Å². The van der Waals surface area contributed by atoms with E-state index in [1.54, 1.807) is 24.5 Å². The van der Waals surface area contributed by atoms with Gasteiger partial charge in [-0.2, -0.15) is 0 Å². The molecule has 0 aromatic carbocycles. The Bertz CT molecular complexity index is 235. The number of thiazole rings is 1. The van der Waals surface area contributed by atoms with Gasteiger partial charge in [0.1, 0.15) is 0 Å². The number of aromatic nitrogens is 1. The fourth-order valence-corrected chi connectivity index (χ4v) is 1.98. The van der Waals surface area contributed by atoms with E-state index in [2.05, 4.69) is 4.98 Å². The molecule has 0 amide bonds. The molecule has 68 valence electrons. The lowest BCUT2D eigenvalue weighted by Crippen LogP contribution is -2.01. The molecule has 0 aliphatic heterocycles. The van der Waals surface area contributed by atoms with E-state index >= 15 is 0 Å². The minimum Gasteiger partial charge on any atom is -0.396 e. The Balaban J connectivity index is 2.52. The van der Waals surface area contributed by atoms with Gasteiger partial charge < -0.3 is 10.2 Å². The summed E-state index contributed by atoms with van der Waals surface area (Å²) in [6.07, 6.45) is 2.73. The quantitative estimate of drug-likeness (QED) is 0.726. The van der Waals surface area contributed by atoms with Crippen molar-refractivity contribution in [1.29, 1.82) is 0 Å². The van der Waals surface area contributed by atoms with E-state index in [4.69, 9.17) is 10.2 Å². The van der Waals surface area contributed by atoms with E-state index in [-0.39, 0.29) is 12.7 Å². The van der Waals surface area contributed by atoms with Crippen molar-refractivity contribution >= 4 is 11.3 Å². The van der Waals surface area contributed by atoms with Crippen LogP contribution in [-0.2, 0) is 12.8 Å². The van der Waals surface area contributed by atoms with Gasteiger partial charge in [0.15, 0.2) is 0 Å². The third-order valence-electron chi connectivity index (χ3n) is 1.42. The summed E-state index contributed by atoms with van der Waals surface area (Å²) in [6.45, 7) is 1.90. The summed E-state index contributed by atoms with van der Waals surface area (Å²) >= 11 is 1.55. The van der Waals surface area contributed by atoms with Gasteiger partial charge >= 0.3 is 0 Å². The zero-order valence-corrected chi connectivity index (χ0v) is 7.84. The molecule has 0 saturated heterocycles. The van der Waals surface area contributed by atoms with Gasteiger partial charge in [0, 0.05) is 30.5 Å². The fourth-order valence-electron chi connectivity index (χ4n) is 0.945. The van der Waals surface area contributed by atoms with Crippen LogP contribution in [0, 0.1) is 0 Å². The Kier molecular flexibility index (Phi) is 3.65. The first-order chi connectivity index (χ1) is 5.72. The van der Waals surface area contributed by atoms with Crippen LogP contribution >= 0.6 is 11.3 Å². The molecule has 1 heterocycles. The molecule has 12 heavy (non-hydrogen) atoms. The summed E-state index contributed by atoms with van der Waals surface area (Å²) in [7, 11) is 0. The molecule has 0 aliphatic rings. The Morgan fingerprint density at radius 2 is 2.42 bits per heavy atom. The van der Waals surface area contributed by atoms with Gasteiger partial charge in [-0.25, -0.2) is 4.98 Å². The number of hydrogen-bond donors (Lipinski definition) is 2. The maximum absolute atomic E-state index is 9.07. The van der Waals surface area contributed by atoms with E-state index in [1.165, 1.54) is 0 Å². The number of aliphatic hydroxyl groups excluding tert-OH is 2. The Morgan fingerprint density at radius 3 is 3.00 bits per heavy atom. The molecule has 0 bridgehead atoms. The third-order valence-corrected chi connectivity index (χ3v) is 2.50. The second-order valence-corrected chi connectivity index (χ2v) is 3.95. The topological polar surface area (TPSA) is 53.4 Å². The standard InChI is InChI=1S/C8H13NO2S/c1-6(11)4-7-5-9-8(12-7)2-3-10/h5-6,10-11H,2-4H2,1H3. The Labute approximate surface area is 75.7 Å². The van der Waals surface area contributed by atoms with E-state index in [9.17, 15) is 0 Å². The van der Waals surface area contributed by atoms with Crippen molar-refractivity contribution in [3.05, 3.63) is 16.1 Å². The maximum atomic E-state index is 9.07. The van der Waals surface area contributed by atoms with Gasteiger partial charge in [-0.3, -0.25) is 0 Å². The van der Waals surface area contributed by atoms with Crippen LogP contribution in [0.2, 0.25) is 0 Å². The van der Waals surface area contributed by atoms with Crippen LogP contribution in [0.25, 0.3) is 0 Å². The summed E-state index contributed by atoms with van der Waals surface area (Å²) in [5.41, 5.74) is 0. The lowest BCUT2D eigenvalue weighted by molar-refractivity contribution is 0.196. The highest BCUT2D eigenvalue weighted by atomic mass is 32.1. The molecule has 0 fully saturated rings. The van der Waals surface area contributed by atoms with Crippen molar-refractivity contribution < 1.29 is 10.2 Å². The fraction of sp³-hybridized carbons (Fsp3) is 0.625. The monoisotopic (exact) mass is 187 g/mol. The van der Waals surface area contributed by atoms with Crippen molar-refractivity contribution in [3.8, 4) is 0 Å². The molecular weight excluding hydrogens is 174 g/mol. The largest absolute Gasteiger partial charge is 0.396 e. The summed E-state index contributed by atoms with van der Waals surface area (Å²) in [4.78, 5) is 5.18. The van der Waals surface area contributed by atoms with Crippen LogP contribution in [0.4, 0.5) is 0 Å². The summed E-state index contributed by atoms with van der Waals surface area (Å²) in [5, 5.41) is 18.6. The third kappa shape index (κ3) is 2.89. The first-order valence-corrected chi connectivity index (χ1v) is 4.76. The van der Waals surface area contributed by atoms with Crippen molar-refractivity contribution in [1.82, 2.24) is 4.98 Å². The highest BCUT2D eigenvalue weighted by Gasteiger charge is 2.03.